The molecular weight excluding hydrogens is 719 g/mol. The number of nitrogens with one attached hydrogen (secondary N) is 1. The van der Waals surface area contributed by atoms with E-state index >= 15 is 0 Å². The van der Waals surface area contributed by atoms with Gasteiger partial charge in [-0.2, -0.15) is 0 Å². The van der Waals surface area contributed by atoms with Crippen molar-refractivity contribution in [3.8, 4) is 11.5 Å². The number of H-pyrrole nitrogens is 1. The van der Waals surface area contributed by atoms with Crippen molar-refractivity contribution in [1.29, 1.82) is 0 Å². The van der Waals surface area contributed by atoms with Crippen LogP contribution in [0.15, 0.2) is 47.4 Å². The first-order valence-electron chi connectivity index (χ1n) is 18.0. The Kier molecular flexibility index (Phi) is 11.8. The standard InChI is InChI=1S/C38H49N5O8S2/c1-24(2)33-39-20-30(52-33)34(46)42-17-19-50-38(23-42)12-14-41(15-13-38)16-18-49-26-8-6-25(7-9-26)21-43(36(48)51-37(3,4)5)22-29(45)27-10-11-28(44)31-32(27)53-35(47)40-31/h6-11,20,24,29,44-45H,12-19,21-23H2,1-5H3,(H,40,47)/t29-/m0/s1. The van der Waals surface area contributed by atoms with Gasteiger partial charge in [0.1, 0.15) is 34.1 Å². The third-order valence-corrected chi connectivity index (χ3v) is 11.7. The molecule has 2 fully saturated rings. The van der Waals surface area contributed by atoms with Crippen LogP contribution in [-0.4, -0.2) is 111 Å². The second kappa shape index (κ2) is 16.1. The molecule has 2 aromatic heterocycles. The zero-order valence-corrected chi connectivity index (χ0v) is 32.6. The Hall–Kier alpha value is -4.02. The topological polar surface area (TPSA) is 158 Å². The van der Waals surface area contributed by atoms with Crippen LogP contribution in [0.5, 0.6) is 11.5 Å². The third-order valence-electron chi connectivity index (χ3n) is 9.50. The van der Waals surface area contributed by atoms with E-state index < -0.39 is 17.8 Å². The molecule has 53 heavy (non-hydrogen) atoms. The molecule has 13 nitrogen and oxygen atoms in total. The van der Waals surface area contributed by atoms with E-state index in [0.717, 1.165) is 54.4 Å². The molecule has 4 aromatic rings. The smallest absolute Gasteiger partial charge is 0.410 e. The fraction of sp³-hybridized carbons (Fsp3) is 0.526. The van der Waals surface area contributed by atoms with Gasteiger partial charge in [-0.05, 0) is 57.4 Å². The quantitative estimate of drug-likeness (QED) is 0.172. The summed E-state index contributed by atoms with van der Waals surface area (Å²) in [4.78, 5) is 51.6. The van der Waals surface area contributed by atoms with Gasteiger partial charge in [0, 0.05) is 44.2 Å². The number of aliphatic hydroxyl groups excluding tert-OH is 1. The lowest BCUT2D eigenvalue weighted by molar-refractivity contribution is -0.127. The number of thiazole rings is 2. The lowest BCUT2D eigenvalue weighted by Crippen LogP contribution is -2.58. The number of carbonyl (C=O) groups excluding carboxylic acids is 2. The van der Waals surface area contributed by atoms with Gasteiger partial charge in [-0.3, -0.25) is 14.5 Å². The molecule has 0 unspecified atom stereocenters. The molecule has 1 spiro atoms. The number of aromatic nitrogens is 2. The maximum Gasteiger partial charge on any atom is 0.410 e. The molecule has 2 amide bonds. The van der Waals surface area contributed by atoms with Gasteiger partial charge in [0.25, 0.3) is 5.91 Å². The van der Waals surface area contributed by atoms with Crippen LogP contribution in [0.1, 0.15) is 85.3 Å². The number of likely N-dealkylation sites (tertiary alicyclic amines) is 1. The summed E-state index contributed by atoms with van der Waals surface area (Å²) in [6.07, 6.45) is 1.67. The van der Waals surface area contributed by atoms with Gasteiger partial charge in [-0.25, -0.2) is 9.78 Å². The average molecular weight is 768 g/mol. The summed E-state index contributed by atoms with van der Waals surface area (Å²) >= 11 is 2.37. The summed E-state index contributed by atoms with van der Waals surface area (Å²) in [6, 6.07) is 10.4. The summed E-state index contributed by atoms with van der Waals surface area (Å²) in [5.74, 6) is 0.953. The van der Waals surface area contributed by atoms with Crippen LogP contribution in [0.4, 0.5) is 4.79 Å². The lowest BCUT2D eigenvalue weighted by Gasteiger charge is -2.47. The van der Waals surface area contributed by atoms with Crippen molar-refractivity contribution in [3.05, 3.63) is 73.3 Å². The van der Waals surface area contributed by atoms with E-state index in [1.807, 2.05) is 29.2 Å². The summed E-state index contributed by atoms with van der Waals surface area (Å²) < 4.78 is 18.5. The number of aromatic amines is 1. The highest BCUT2D eigenvalue weighted by molar-refractivity contribution is 7.16. The summed E-state index contributed by atoms with van der Waals surface area (Å²) in [6.45, 7) is 14.3. The van der Waals surface area contributed by atoms with Crippen molar-refractivity contribution in [3.63, 3.8) is 0 Å². The van der Waals surface area contributed by atoms with Crippen molar-refractivity contribution in [2.24, 2.45) is 0 Å². The van der Waals surface area contributed by atoms with E-state index in [0.29, 0.717) is 53.1 Å². The first kappa shape index (κ1) is 38.7. The minimum absolute atomic E-state index is 0.0432. The van der Waals surface area contributed by atoms with Gasteiger partial charge >= 0.3 is 11.0 Å². The predicted molar refractivity (Wildman–Crippen MR) is 204 cm³/mol. The number of rotatable bonds is 11. The molecule has 2 saturated heterocycles. The maximum atomic E-state index is 13.3. The van der Waals surface area contributed by atoms with Crippen molar-refractivity contribution < 1.29 is 34.0 Å². The van der Waals surface area contributed by atoms with Crippen LogP contribution in [0, 0.1) is 0 Å². The summed E-state index contributed by atoms with van der Waals surface area (Å²) in [7, 11) is 0. The fourth-order valence-corrected chi connectivity index (χ4v) is 8.46. The van der Waals surface area contributed by atoms with E-state index in [2.05, 4.69) is 28.7 Å². The van der Waals surface area contributed by atoms with Gasteiger partial charge in [-0.15, -0.1) is 11.3 Å². The molecule has 3 N–H and O–H groups in total. The number of carbonyl (C=O) groups is 2. The zero-order valence-electron chi connectivity index (χ0n) is 30.9. The molecule has 6 rings (SSSR count). The number of phenols is 1. The number of aromatic hydroxyl groups is 1. The van der Waals surface area contributed by atoms with Crippen molar-refractivity contribution in [1.82, 2.24) is 24.7 Å². The first-order valence-corrected chi connectivity index (χ1v) is 19.7. The third kappa shape index (κ3) is 9.57. The molecule has 286 valence electrons. The van der Waals surface area contributed by atoms with Crippen LogP contribution in [0.25, 0.3) is 10.2 Å². The number of benzene rings is 2. The Morgan fingerprint density at radius 2 is 1.83 bits per heavy atom. The summed E-state index contributed by atoms with van der Waals surface area (Å²) in [5, 5.41) is 22.4. The molecule has 0 aliphatic carbocycles. The molecule has 0 radical (unpaired) electrons. The number of hydrogen-bond acceptors (Lipinski definition) is 12. The predicted octanol–water partition coefficient (Wildman–Crippen LogP) is 5.73. The molecule has 0 saturated carbocycles. The van der Waals surface area contributed by atoms with Gasteiger partial charge in [-0.1, -0.05) is 43.4 Å². The molecule has 0 bridgehead atoms. The van der Waals surface area contributed by atoms with Gasteiger partial charge in [0.05, 0.1) is 47.3 Å². The van der Waals surface area contributed by atoms with E-state index in [9.17, 15) is 24.6 Å². The van der Waals surface area contributed by atoms with Crippen molar-refractivity contribution in [2.75, 3.05) is 52.5 Å². The number of ether oxygens (including phenoxy) is 3. The largest absolute Gasteiger partial charge is 0.506 e. The highest BCUT2D eigenvalue weighted by atomic mass is 32.1. The minimum Gasteiger partial charge on any atom is -0.506 e. The number of nitrogens with zero attached hydrogens (tertiary/aromatic N) is 4. The molecule has 1 atom stereocenters. The Morgan fingerprint density at radius 1 is 1.09 bits per heavy atom. The maximum absolute atomic E-state index is 13.3. The van der Waals surface area contributed by atoms with Crippen LogP contribution < -0.4 is 9.61 Å². The van der Waals surface area contributed by atoms with E-state index in [1.165, 1.54) is 22.3 Å². The van der Waals surface area contributed by atoms with Crippen molar-refractivity contribution >= 4 is 44.9 Å². The zero-order chi connectivity index (χ0) is 37.9. The molecule has 4 heterocycles. The molecular formula is C38H49N5O8S2. The van der Waals surface area contributed by atoms with Crippen LogP contribution in [-0.2, 0) is 16.0 Å². The second-order valence-corrected chi connectivity index (χ2v) is 17.1. The number of aliphatic hydroxyl groups is 1. The van der Waals surface area contributed by atoms with E-state index in [1.54, 1.807) is 33.0 Å². The van der Waals surface area contributed by atoms with Crippen LogP contribution >= 0.6 is 22.7 Å². The van der Waals surface area contributed by atoms with E-state index in [4.69, 9.17) is 14.2 Å². The Morgan fingerprint density at radius 3 is 2.51 bits per heavy atom. The number of hydrogen-bond donors (Lipinski definition) is 3. The minimum atomic E-state index is -1.14. The van der Waals surface area contributed by atoms with Gasteiger partial charge < -0.3 is 39.2 Å². The van der Waals surface area contributed by atoms with Gasteiger partial charge in [0.2, 0.25) is 0 Å². The first-order chi connectivity index (χ1) is 25.2. The number of amides is 2. The number of fused-ring (bicyclic) bond motifs is 1. The number of morpholine rings is 1. The van der Waals surface area contributed by atoms with Crippen molar-refractivity contribution in [2.45, 2.75) is 77.2 Å². The molecule has 2 aliphatic heterocycles. The highest BCUT2D eigenvalue weighted by Crippen LogP contribution is 2.34. The Balaban J connectivity index is 0.999. The number of phenolic OH excluding ortho intramolecular Hbond substituents is 1. The molecule has 15 heteroatoms. The lowest BCUT2D eigenvalue weighted by atomic mass is 9.89. The normalized spacial score (nSPS) is 17.0. The average Bonchev–Trinajstić information content (AvgIpc) is 3.77. The summed E-state index contributed by atoms with van der Waals surface area (Å²) in [5.41, 5.74) is 0.426. The Labute approximate surface area is 317 Å². The SMILES string of the molecule is CC(C)c1ncc(C(=O)N2CCOC3(CCN(CCOc4ccc(CN(C[C@H](O)c5ccc(O)c6[nH]c(=O)sc56)C(=O)OC(C)(C)C)cc4)CC3)C2)s1. The molecule has 2 aliphatic rings. The fourth-order valence-electron chi connectivity index (χ4n) is 6.66. The Bertz CT molecular complexity index is 1940. The second-order valence-electron chi connectivity index (χ2n) is 15.1. The van der Waals surface area contributed by atoms with Gasteiger partial charge in [0.15, 0.2) is 0 Å². The molecule has 2 aromatic carbocycles. The van der Waals surface area contributed by atoms with Crippen LogP contribution in [0.3, 0.4) is 0 Å². The highest BCUT2D eigenvalue weighted by Gasteiger charge is 2.41. The number of piperidine rings is 1. The monoisotopic (exact) mass is 767 g/mol. The van der Waals surface area contributed by atoms with E-state index in [-0.39, 0.29) is 40.7 Å². The van der Waals surface area contributed by atoms with Crippen LogP contribution in [0.2, 0.25) is 0 Å².